The second-order valence-corrected chi connectivity index (χ2v) is 4.97. The largest absolute Gasteiger partial charge is 0.393 e. The standard InChI is InChI=1S/C13H26N2O2/c1-5-14(6-2)13(17)10(3)15-8-7-12(9-15)11(4)16/h10-12,16H,5-9H2,1-4H3. The number of carbonyl (C=O) groups excluding carboxylic acids is 1. The summed E-state index contributed by atoms with van der Waals surface area (Å²) in [5.41, 5.74) is 0. The summed E-state index contributed by atoms with van der Waals surface area (Å²) in [5, 5.41) is 9.57. The Morgan fingerprint density at radius 1 is 1.41 bits per heavy atom. The summed E-state index contributed by atoms with van der Waals surface area (Å²) in [5.74, 6) is 0.531. The zero-order chi connectivity index (χ0) is 13.0. The Kier molecular flexibility index (Phi) is 5.40. The summed E-state index contributed by atoms with van der Waals surface area (Å²) in [6, 6.07) is -0.0568. The van der Waals surface area contributed by atoms with Crippen molar-refractivity contribution in [3.05, 3.63) is 0 Å². The van der Waals surface area contributed by atoms with Crippen LogP contribution in [0.1, 0.15) is 34.1 Å². The smallest absolute Gasteiger partial charge is 0.239 e. The Hall–Kier alpha value is -0.610. The van der Waals surface area contributed by atoms with Crippen molar-refractivity contribution in [3.63, 3.8) is 0 Å². The molecule has 1 saturated heterocycles. The van der Waals surface area contributed by atoms with Gasteiger partial charge in [0.05, 0.1) is 12.1 Å². The molecule has 17 heavy (non-hydrogen) atoms. The van der Waals surface area contributed by atoms with Crippen molar-refractivity contribution in [2.45, 2.75) is 46.3 Å². The predicted molar refractivity (Wildman–Crippen MR) is 68.8 cm³/mol. The maximum atomic E-state index is 12.2. The molecule has 3 atom stereocenters. The van der Waals surface area contributed by atoms with E-state index < -0.39 is 0 Å². The van der Waals surface area contributed by atoms with Crippen molar-refractivity contribution in [1.82, 2.24) is 9.80 Å². The molecular weight excluding hydrogens is 216 g/mol. The summed E-state index contributed by atoms with van der Waals surface area (Å²) in [7, 11) is 0. The molecule has 0 spiro atoms. The number of carbonyl (C=O) groups is 1. The highest BCUT2D eigenvalue weighted by Gasteiger charge is 2.32. The number of aliphatic hydroxyl groups is 1. The lowest BCUT2D eigenvalue weighted by Gasteiger charge is -2.29. The van der Waals surface area contributed by atoms with E-state index in [1.807, 2.05) is 32.6 Å². The number of hydrogen-bond donors (Lipinski definition) is 1. The highest BCUT2D eigenvalue weighted by Crippen LogP contribution is 2.22. The van der Waals surface area contributed by atoms with E-state index in [4.69, 9.17) is 0 Å². The van der Waals surface area contributed by atoms with Crippen LogP contribution in [0.3, 0.4) is 0 Å². The fourth-order valence-electron chi connectivity index (χ4n) is 2.52. The van der Waals surface area contributed by atoms with Gasteiger partial charge in [-0.1, -0.05) is 0 Å². The van der Waals surface area contributed by atoms with E-state index >= 15 is 0 Å². The molecule has 100 valence electrons. The van der Waals surface area contributed by atoms with E-state index in [0.717, 1.165) is 32.6 Å². The number of hydrogen-bond acceptors (Lipinski definition) is 3. The fraction of sp³-hybridized carbons (Fsp3) is 0.923. The van der Waals surface area contributed by atoms with Gasteiger partial charge >= 0.3 is 0 Å². The van der Waals surface area contributed by atoms with Crippen LogP contribution in [0, 0.1) is 5.92 Å². The van der Waals surface area contributed by atoms with E-state index in [2.05, 4.69) is 4.90 Å². The van der Waals surface area contributed by atoms with Crippen molar-refractivity contribution >= 4 is 5.91 Å². The lowest BCUT2D eigenvalue weighted by atomic mass is 10.0. The van der Waals surface area contributed by atoms with Gasteiger partial charge in [-0.2, -0.15) is 0 Å². The first-order valence-electron chi connectivity index (χ1n) is 6.72. The van der Waals surface area contributed by atoms with E-state index in [0.29, 0.717) is 5.92 Å². The van der Waals surface area contributed by atoms with Crippen molar-refractivity contribution in [1.29, 1.82) is 0 Å². The molecule has 3 unspecified atom stereocenters. The first kappa shape index (κ1) is 14.5. The number of nitrogens with zero attached hydrogens (tertiary/aromatic N) is 2. The molecule has 0 saturated carbocycles. The number of amides is 1. The minimum atomic E-state index is -0.268. The third-order valence-corrected chi connectivity index (χ3v) is 3.92. The van der Waals surface area contributed by atoms with E-state index in [1.54, 1.807) is 0 Å². The Labute approximate surface area is 105 Å². The highest BCUT2D eigenvalue weighted by atomic mass is 16.3. The first-order valence-corrected chi connectivity index (χ1v) is 6.72. The molecule has 0 aromatic heterocycles. The second-order valence-electron chi connectivity index (χ2n) is 4.97. The maximum Gasteiger partial charge on any atom is 0.239 e. The van der Waals surface area contributed by atoms with Gasteiger partial charge in [-0.05, 0) is 46.6 Å². The van der Waals surface area contributed by atoms with Crippen LogP contribution < -0.4 is 0 Å². The zero-order valence-electron chi connectivity index (χ0n) is 11.5. The molecule has 0 radical (unpaired) electrons. The number of aliphatic hydroxyl groups excluding tert-OH is 1. The minimum absolute atomic E-state index is 0.0568. The lowest BCUT2D eigenvalue weighted by Crippen LogP contribution is -2.46. The van der Waals surface area contributed by atoms with Crippen molar-refractivity contribution in [3.8, 4) is 0 Å². The summed E-state index contributed by atoms with van der Waals surface area (Å²) in [6.45, 7) is 11.1. The minimum Gasteiger partial charge on any atom is -0.393 e. The van der Waals surface area contributed by atoms with Gasteiger partial charge in [0.2, 0.25) is 5.91 Å². The lowest BCUT2D eigenvalue weighted by molar-refractivity contribution is -0.135. The molecule has 1 N–H and O–H groups in total. The first-order chi connectivity index (χ1) is 8.01. The molecule has 0 aromatic rings. The van der Waals surface area contributed by atoms with Crippen molar-refractivity contribution in [2.24, 2.45) is 5.92 Å². The van der Waals surface area contributed by atoms with Gasteiger partial charge in [0.15, 0.2) is 0 Å². The quantitative estimate of drug-likeness (QED) is 0.780. The number of likely N-dealkylation sites (N-methyl/N-ethyl adjacent to an activating group) is 1. The third-order valence-electron chi connectivity index (χ3n) is 3.92. The number of likely N-dealkylation sites (tertiary alicyclic amines) is 1. The van der Waals surface area contributed by atoms with Crippen LogP contribution in [-0.4, -0.2) is 59.1 Å². The average molecular weight is 242 g/mol. The van der Waals surface area contributed by atoms with Gasteiger partial charge in [0, 0.05) is 19.6 Å². The van der Waals surface area contributed by atoms with E-state index in [1.165, 1.54) is 0 Å². The predicted octanol–water partition coefficient (Wildman–Crippen LogP) is 0.946. The van der Waals surface area contributed by atoms with E-state index in [-0.39, 0.29) is 18.1 Å². The van der Waals surface area contributed by atoms with Crippen LogP contribution in [0.4, 0.5) is 0 Å². The zero-order valence-corrected chi connectivity index (χ0v) is 11.5. The Balaban J connectivity index is 2.54. The summed E-state index contributed by atoms with van der Waals surface area (Å²) in [6.07, 6.45) is 0.726. The molecule has 1 aliphatic heterocycles. The number of rotatable bonds is 5. The van der Waals surface area contributed by atoms with Crippen LogP contribution >= 0.6 is 0 Å². The average Bonchev–Trinajstić information content (AvgIpc) is 2.78. The van der Waals surface area contributed by atoms with Gasteiger partial charge in [-0.3, -0.25) is 9.69 Å². The molecule has 1 aliphatic rings. The van der Waals surface area contributed by atoms with Crippen LogP contribution in [0.25, 0.3) is 0 Å². The molecule has 0 bridgehead atoms. The summed E-state index contributed by atoms with van der Waals surface area (Å²) < 4.78 is 0. The van der Waals surface area contributed by atoms with Gasteiger partial charge in [-0.25, -0.2) is 0 Å². The molecule has 1 rings (SSSR count). The SMILES string of the molecule is CCN(CC)C(=O)C(C)N1CCC(C(C)O)C1. The topological polar surface area (TPSA) is 43.8 Å². The molecule has 1 fully saturated rings. The molecule has 4 heteroatoms. The second kappa shape index (κ2) is 6.36. The molecule has 1 amide bonds. The van der Waals surface area contributed by atoms with Gasteiger partial charge < -0.3 is 10.0 Å². The monoisotopic (exact) mass is 242 g/mol. The fourth-order valence-corrected chi connectivity index (χ4v) is 2.52. The Bertz CT molecular complexity index is 252. The third kappa shape index (κ3) is 3.42. The molecular formula is C13H26N2O2. The molecule has 0 aromatic carbocycles. The van der Waals surface area contributed by atoms with Gasteiger partial charge in [0.1, 0.15) is 0 Å². The normalized spacial score (nSPS) is 24.6. The molecule has 0 aliphatic carbocycles. The van der Waals surface area contributed by atoms with Crippen LogP contribution in [-0.2, 0) is 4.79 Å². The summed E-state index contributed by atoms with van der Waals surface area (Å²) in [4.78, 5) is 16.3. The van der Waals surface area contributed by atoms with Crippen molar-refractivity contribution < 1.29 is 9.90 Å². The molecule has 4 nitrogen and oxygen atoms in total. The highest BCUT2D eigenvalue weighted by molar-refractivity contribution is 5.81. The van der Waals surface area contributed by atoms with Gasteiger partial charge in [0.25, 0.3) is 0 Å². The summed E-state index contributed by atoms with van der Waals surface area (Å²) >= 11 is 0. The van der Waals surface area contributed by atoms with Crippen LogP contribution in [0.2, 0.25) is 0 Å². The van der Waals surface area contributed by atoms with Crippen LogP contribution in [0.5, 0.6) is 0 Å². The van der Waals surface area contributed by atoms with Crippen molar-refractivity contribution in [2.75, 3.05) is 26.2 Å². The van der Waals surface area contributed by atoms with Gasteiger partial charge in [-0.15, -0.1) is 0 Å². The van der Waals surface area contributed by atoms with Crippen LogP contribution in [0.15, 0.2) is 0 Å². The molecule has 1 heterocycles. The Morgan fingerprint density at radius 2 is 2.00 bits per heavy atom. The Morgan fingerprint density at radius 3 is 2.41 bits per heavy atom. The maximum absolute atomic E-state index is 12.2. The van der Waals surface area contributed by atoms with E-state index in [9.17, 15) is 9.90 Å².